The van der Waals surface area contributed by atoms with Crippen LogP contribution in [0.2, 0.25) is 0 Å². The zero-order chi connectivity index (χ0) is 6.12. The number of halogens is 2. The molecule has 0 aromatic carbocycles. The lowest BCUT2D eigenvalue weighted by Crippen LogP contribution is -1.68. The molecule has 0 aromatic rings. The second-order valence-electron chi connectivity index (χ2n) is 0.786. The first-order valence-corrected chi connectivity index (χ1v) is 1.85. The SMILES string of the molecule is COC.FCCF. The molecule has 0 radical (unpaired) electrons. The van der Waals surface area contributed by atoms with Crippen molar-refractivity contribution in [2.24, 2.45) is 0 Å². The third kappa shape index (κ3) is 126. The van der Waals surface area contributed by atoms with Crippen LogP contribution in [0.25, 0.3) is 0 Å². The van der Waals surface area contributed by atoms with Crippen molar-refractivity contribution in [3.05, 3.63) is 0 Å². The third-order valence-electron chi connectivity index (χ3n) is 0.0714. The number of hydrogen-bond donors (Lipinski definition) is 0. The molecule has 0 saturated carbocycles. The van der Waals surface area contributed by atoms with Crippen molar-refractivity contribution in [2.75, 3.05) is 27.6 Å². The van der Waals surface area contributed by atoms with Gasteiger partial charge in [0.15, 0.2) is 0 Å². The molecule has 0 N–H and O–H groups in total. The molecule has 0 bridgehead atoms. The molecule has 0 saturated heterocycles. The summed E-state index contributed by atoms with van der Waals surface area (Å²) in [5, 5.41) is 0. The highest BCUT2D eigenvalue weighted by atomic mass is 19.2. The summed E-state index contributed by atoms with van der Waals surface area (Å²) >= 11 is 0. The Morgan fingerprint density at radius 3 is 1.29 bits per heavy atom. The quantitative estimate of drug-likeness (QED) is 0.495. The van der Waals surface area contributed by atoms with Gasteiger partial charge in [0.05, 0.1) is 0 Å². The molecular weight excluding hydrogens is 102 g/mol. The lowest BCUT2D eigenvalue weighted by atomic mass is 10.9. The number of rotatable bonds is 1. The summed E-state index contributed by atoms with van der Waals surface area (Å²) in [5.41, 5.74) is 0. The van der Waals surface area contributed by atoms with Crippen LogP contribution >= 0.6 is 0 Å². The molecule has 0 unspecified atom stereocenters. The first-order chi connectivity index (χ1) is 3.33. The Kier molecular flexibility index (Phi) is 24.2. The standard InChI is InChI=1S/C2H4F2.C2H6O/c3-1-2-4;1-3-2/h1-2H2;1-2H3. The molecule has 0 aliphatic rings. The minimum atomic E-state index is -0.847. The fourth-order valence-corrected chi connectivity index (χ4v) is 0. The number of alkyl halides is 2. The van der Waals surface area contributed by atoms with Crippen LogP contribution in [0.3, 0.4) is 0 Å². The Bertz CT molecular complexity index is 17.2. The van der Waals surface area contributed by atoms with Crippen LogP contribution in [0.1, 0.15) is 0 Å². The van der Waals surface area contributed by atoms with Crippen molar-refractivity contribution in [3.63, 3.8) is 0 Å². The molecule has 0 aromatic heterocycles. The molecule has 0 amide bonds. The first-order valence-electron chi connectivity index (χ1n) is 1.85. The van der Waals surface area contributed by atoms with E-state index in [4.69, 9.17) is 0 Å². The normalized spacial score (nSPS) is 6.86. The summed E-state index contributed by atoms with van der Waals surface area (Å²) in [4.78, 5) is 0. The molecule has 0 atom stereocenters. The van der Waals surface area contributed by atoms with Gasteiger partial charge in [0, 0.05) is 14.2 Å². The van der Waals surface area contributed by atoms with E-state index in [2.05, 4.69) is 4.74 Å². The summed E-state index contributed by atoms with van der Waals surface area (Å²) in [6.07, 6.45) is 0. The highest BCUT2D eigenvalue weighted by Crippen LogP contribution is 1.63. The van der Waals surface area contributed by atoms with Crippen LogP contribution < -0.4 is 0 Å². The number of methoxy groups -OCH3 is 1. The molecule has 0 rings (SSSR count). The first kappa shape index (κ1) is 9.94. The number of hydrogen-bond acceptors (Lipinski definition) is 1. The summed E-state index contributed by atoms with van der Waals surface area (Å²) in [7, 11) is 3.25. The lowest BCUT2D eigenvalue weighted by molar-refractivity contribution is 0.277. The smallest absolute Gasteiger partial charge is 0.118 e. The van der Waals surface area contributed by atoms with Crippen molar-refractivity contribution in [1.29, 1.82) is 0 Å². The maximum atomic E-state index is 10.3. The largest absolute Gasteiger partial charge is 0.388 e. The van der Waals surface area contributed by atoms with Gasteiger partial charge in [-0.25, -0.2) is 8.78 Å². The second kappa shape index (κ2) is 17.0. The fourth-order valence-electron chi connectivity index (χ4n) is 0. The summed E-state index contributed by atoms with van der Waals surface area (Å²) in [6, 6.07) is 0. The minimum absolute atomic E-state index is 0.847. The van der Waals surface area contributed by atoms with Gasteiger partial charge in [0.2, 0.25) is 0 Å². The maximum absolute atomic E-state index is 10.3. The molecule has 0 spiro atoms. The van der Waals surface area contributed by atoms with Crippen molar-refractivity contribution in [3.8, 4) is 0 Å². The molecule has 3 heteroatoms. The van der Waals surface area contributed by atoms with E-state index in [-0.39, 0.29) is 0 Å². The van der Waals surface area contributed by atoms with Gasteiger partial charge in [0.25, 0.3) is 0 Å². The molecule has 0 fully saturated rings. The average molecular weight is 112 g/mol. The lowest BCUT2D eigenvalue weighted by Gasteiger charge is -1.61. The molecular formula is C4H10F2O. The highest BCUT2D eigenvalue weighted by molar-refractivity contribution is 4.09. The summed E-state index contributed by atoms with van der Waals surface area (Å²) in [6.45, 7) is -1.69. The van der Waals surface area contributed by atoms with E-state index in [1.807, 2.05) is 0 Å². The van der Waals surface area contributed by atoms with E-state index in [0.717, 1.165) is 0 Å². The third-order valence-corrected chi connectivity index (χ3v) is 0.0714. The van der Waals surface area contributed by atoms with Crippen LogP contribution in [-0.2, 0) is 4.74 Å². The topological polar surface area (TPSA) is 9.23 Å². The van der Waals surface area contributed by atoms with Gasteiger partial charge in [-0.2, -0.15) is 0 Å². The van der Waals surface area contributed by atoms with Gasteiger partial charge in [-0.1, -0.05) is 0 Å². The van der Waals surface area contributed by atoms with Crippen molar-refractivity contribution >= 4 is 0 Å². The van der Waals surface area contributed by atoms with Crippen molar-refractivity contribution in [2.45, 2.75) is 0 Å². The van der Waals surface area contributed by atoms with E-state index >= 15 is 0 Å². The van der Waals surface area contributed by atoms with Gasteiger partial charge >= 0.3 is 0 Å². The Morgan fingerprint density at radius 2 is 1.29 bits per heavy atom. The van der Waals surface area contributed by atoms with E-state index in [1.165, 1.54) is 0 Å². The zero-order valence-electron chi connectivity index (χ0n) is 4.58. The van der Waals surface area contributed by atoms with E-state index in [9.17, 15) is 8.78 Å². The van der Waals surface area contributed by atoms with Gasteiger partial charge < -0.3 is 4.74 Å². The fraction of sp³-hybridized carbons (Fsp3) is 1.00. The van der Waals surface area contributed by atoms with Gasteiger partial charge in [0.1, 0.15) is 13.3 Å². The van der Waals surface area contributed by atoms with Crippen LogP contribution in [-0.4, -0.2) is 27.6 Å². The van der Waals surface area contributed by atoms with Crippen molar-refractivity contribution < 1.29 is 13.5 Å². The number of ether oxygens (including phenoxy) is 1. The summed E-state index contributed by atoms with van der Waals surface area (Å²) in [5.74, 6) is 0. The predicted molar refractivity (Wildman–Crippen MR) is 24.9 cm³/mol. The van der Waals surface area contributed by atoms with Gasteiger partial charge in [-0.3, -0.25) is 0 Å². The summed E-state index contributed by atoms with van der Waals surface area (Å²) < 4.78 is 24.9. The molecule has 1 nitrogen and oxygen atoms in total. The monoisotopic (exact) mass is 112 g/mol. The second-order valence-corrected chi connectivity index (χ2v) is 0.786. The van der Waals surface area contributed by atoms with E-state index < -0.39 is 13.3 Å². The van der Waals surface area contributed by atoms with E-state index in [0.29, 0.717) is 0 Å². The Morgan fingerprint density at radius 1 is 1.14 bits per heavy atom. The Labute approximate surface area is 42.3 Å². The van der Waals surface area contributed by atoms with Gasteiger partial charge in [-0.15, -0.1) is 0 Å². The minimum Gasteiger partial charge on any atom is -0.388 e. The molecule has 0 aliphatic heterocycles. The van der Waals surface area contributed by atoms with Gasteiger partial charge in [-0.05, 0) is 0 Å². The zero-order valence-corrected chi connectivity index (χ0v) is 4.58. The average Bonchev–Trinajstić information content (AvgIpc) is 1.69. The maximum Gasteiger partial charge on any atom is 0.118 e. The van der Waals surface area contributed by atoms with Crippen LogP contribution in [0.4, 0.5) is 8.78 Å². The molecule has 46 valence electrons. The van der Waals surface area contributed by atoms with Crippen LogP contribution in [0.15, 0.2) is 0 Å². The van der Waals surface area contributed by atoms with Crippen LogP contribution in [0.5, 0.6) is 0 Å². The van der Waals surface area contributed by atoms with Crippen LogP contribution in [0, 0.1) is 0 Å². The molecule has 0 aliphatic carbocycles. The highest BCUT2D eigenvalue weighted by Gasteiger charge is 1.65. The molecule has 7 heavy (non-hydrogen) atoms. The van der Waals surface area contributed by atoms with Crippen molar-refractivity contribution in [1.82, 2.24) is 0 Å². The predicted octanol–water partition coefficient (Wildman–Crippen LogP) is 1.19. The molecule has 0 heterocycles. The Balaban J connectivity index is 0. The van der Waals surface area contributed by atoms with E-state index in [1.54, 1.807) is 14.2 Å². The Hall–Kier alpha value is -0.180.